The minimum absolute atomic E-state index is 0.0304. The van der Waals surface area contributed by atoms with Gasteiger partial charge in [0.2, 0.25) is 5.75 Å². The van der Waals surface area contributed by atoms with Crippen LogP contribution in [0.25, 0.3) is 32.9 Å². The van der Waals surface area contributed by atoms with Gasteiger partial charge in [-0.25, -0.2) is 4.79 Å². The maximum absolute atomic E-state index is 12.7. The number of aryl methyl sites for hydroxylation is 1. The molecule has 1 heterocycles. The van der Waals surface area contributed by atoms with Crippen molar-refractivity contribution in [3.05, 3.63) is 46.9 Å². The lowest BCUT2D eigenvalue weighted by Gasteiger charge is -2.37. The number of fused-ring (bicyclic) bond motifs is 2. The van der Waals surface area contributed by atoms with Crippen molar-refractivity contribution in [2.45, 2.75) is 38.9 Å². The molecule has 8 heteroatoms. The van der Waals surface area contributed by atoms with E-state index < -0.39 is 8.32 Å². The highest BCUT2D eigenvalue weighted by Gasteiger charge is 2.40. The van der Waals surface area contributed by atoms with Gasteiger partial charge in [0.1, 0.15) is 5.75 Å². The Hall–Kier alpha value is -3.39. The molecule has 0 atom stereocenters. The third-order valence-electron chi connectivity index (χ3n) is 7.14. The summed E-state index contributed by atoms with van der Waals surface area (Å²) in [5, 5.41) is 1.73. The number of H-pyrrole nitrogens is 1. The Kier molecular flexibility index (Phi) is 6.13. The molecule has 4 aromatic rings. The lowest BCUT2D eigenvalue weighted by Crippen LogP contribution is -2.44. The topological polar surface area (TPSA) is 74.7 Å². The predicted octanol–water partition coefficient (Wildman–Crippen LogP) is 6.10. The Balaban J connectivity index is 2.19. The third-order valence-corrected chi connectivity index (χ3v) is 11.5. The molecule has 0 aliphatic rings. The number of nitrogens with zero attached hydrogens (tertiary/aromatic N) is 1. The Morgan fingerprint density at radius 3 is 2.09 bits per heavy atom. The van der Waals surface area contributed by atoms with Gasteiger partial charge in [-0.05, 0) is 53.3 Å². The van der Waals surface area contributed by atoms with E-state index in [1.165, 1.54) is 0 Å². The summed E-state index contributed by atoms with van der Waals surface area (Å²) < 4.78 is 25.5. The number of rotatable bonds is 6. The van der Waals surface area contributed by atoms with Gasteiger partial charge in [0.25, 0.3) is 8.32 Å². The van der Waals surface area contributed by atoms with Crippen molar-refractivity contribution in [2.24, 2.45) is 7.05 Å². The average Bonchev–Trinajstić information content (AvgIpc) is 3.09. The Labute approximate surface area is 206 Å². The van der Waals surface area contributed by atoms with Crippen LogP contribution < -0.4 is 24.3 Å². The van der Waals surface area contributed by atoms with E-state index >= 15 is 0 Å². The van der Waals surface area contributed by atoms with Gasteiger partial charge in [0, 0.05) is 18.0 Å². The molecule has 0 bridgehead atoms. The van der Waals surface area contributed by atoms with Gasteiger partial charge < -0.3 is 23.6 Å². The van der Waals surface area contributed by atoms with Crippen LogP contribution in [0.1, 0.15) is 20.8 Å². The lowest BCUT2D eigenvalue weighted by molar-refractivity contribution is 0.342. The van der Waals surface area contributed by atoms with Crippen LogP contribution in [-0.4, -0.2) is 39.2 Å². The van der Waals surface area contributed by atoms with Gasteiger partial charge in [-0.15, -0.1) is 0 Å². The van der Waals surface area contributed by atoms with Crippen molar-refractivity contribution in [1.29, 1.82) is 0 Å². The number of ether oxygens (including phenoxy) is 3. The fraction of sp³-hybridized carbons (Fsp3) is 0.370. The van der Waals surface area contributed by atoms with Crippen molar-refractivity contribution >= 4 is 30.1 Å². The van der Waals surface area contributed by atoms with Gasteiger partial charge in [0.15, 0.2) is 11.5 Å². The molecule has 0 saturated carbocycles. The van der Waals surface area contributed by atoms with Crippen LogP contribution in [0.2, 0.25) is 18.1 Å². The molecule has 4 rings (SSSR count). The summed E-state index contributed by atoms with van der Waals surface area (Å²) in [5.74, 6) is 2.51. The molecule has 3 aromatic carbocycles. The first kappa shape index (κ1) is 24.7. The Morgan fingerprint density at radius 1 is 0.886 bits per heavy atom. The molecule has 0 amide bonds. The molecule has 186 valence electrons. The maximum Gasteiger partial charge on any atom is 0.326 e. The smallest absolute Gasteiger partial charge is 0.326 e. The van der Waals surface area contributed by atoms with Gasteiger partial charge in [0.05, 0.1) is 32.4 Å². The van der Waals surface area contributed by atoms with Crippen molar-refractivity contribution in [3.63, 3.8) is 0 Å². The SMILES string of the molecule is COc1ccc(-c2c3cc(OC)c(OC)c(O[Si](C)(C)C(C)(C)C)c3cc3[nH]c(=O)n(C)c23)cc1. The molecule has 1 N–H and O–H groups in total. The highest BCUT2D eigenvalue weighted by atomic mass is 28.4. The fourth-order valence-electron chi connectivity index (χ4n) is 4.10. The number of hydrogen-bond donors (Lipinski definition) is 1. The van der Waals surface area contributed by atoms with E-state index in [9.17, 15) is 4.79 Å². The summed E-state index contributed by atoms with van der Waals surface area (Å²) >= 11 is 0. The molecule has 0 aliphatic carbocycles. The zero-order chi connectivity index (χ0) is 25.7. The zero-order valence-corrected chi connectivity index (χ0v) is 23.0. The van der Waals surface area contributed by atoms with Gasteiger partial charge in [-0.1, -0.05) is 32.9 Å². The molecule has 0 aliphatic heterocycles. The van der Waals surface area contributed by atoms with Crippen LogP contribution in [0.5, 0.6) is 23.0 Å². The molecule has 0 radical (unpaired) electrons. The first-order chi connectivity index (χ1) is 16.4. The van der Waals surface area contributed by atoms with Crippen LogP contribution in [0.3, 0.4) is 0 Å². The van der Waals surface area contributed by atoms with E-state index in [1.807, 2.05) is 36.4 Å². The van der Waals surface area contributed by atoms with E-state index in [1.54, 1.807) is 32.9 Å². The Bertz CT molecular complexity index is 1460. The summed E-state index contributed by atoms with van der Waals surface area (Å²) in [4.78, 5) is 15.7. The molecule has 0 saturated heterocycles. The van der Waals surface area contributed by atoms with Crippen LogP contribution in [0, 0.1) is 0 Å². The van der Waals surface area contributed by atoms with E-state index in [2.05, 4.69) is 38.8 Å². The second kappa shape index (κ2) is 8.68. The number of nitrogens with one attached hydrogen (secondary N) is 1. The van der Waals surface area contributed by atoms with Crippen molar-refractivity contribution in [3.8, 4) is 34.1 Å². The molecule has 7 nitrogen and oxygen atoms in total. The van der Waals surface area contributed by atoms with Crippen LogP contribution in [0.15, 0.2) is 41.2 Å². The summed E-state index contributed by atoms with van der Waals surface area (Å²) in [7, 11) is 4.40. The van der Waals surface area contributed by atoms with Gasteiger partial charge >= 0.3 is 5.69 Å². The van der Waals surface area contributed by atoms with Gasteiger partial charge in [-0.2, -0.15) is 0 Å². The summed E-state index contributed by atoms with van der Waals surface area (Å²) in [6, 6.07) is 11.8. The van der Waals surface area contributed by atoms with E-state index in [0.29, 0.717) is 17.2 Å². The standard InChI is InChI=1S/C27H34N2O5Si/c1-27(2,3)35(8,9)34-24-19-14-20-23(29(4)26(30)28-20)22(16-10-12-17(31-5)13-11-16)18(19)15-21(32-6)25(24)33-7/h10-15H,1-9H3,(H,28,30). The highest BCUT2D eigenvalue weighted by Crippen LogP contribution is 2.50. The van der Waals surface area contributed by atoms with E-state index in [-0.39, 0.29) is 10.7 Å². The number of methoxy groups -OCH3 is 3. The van der Waals surface area contributed by atoms with E-state index in [4.69, 9.17) is 18.6 Å². The summed E-state index contributed by atoms with van der Waals surface area (Å²) in [5.41, 5.74) is 3.20. The molecule has 35 heavy (non-hydrogen) atoms. The van der Waals surface area contributed by atoms with Crippen molar-refractivity contribution in [1.82, 2.24) is 9.55 Å². The largest absolute Gasteiger partial charge is 0.541 e. The van der Waals surface area contributed by atoms with Gasteiger partial charge in [-0.3, -0.25) is 4.57 Å². The first-order valence-corrected chi connectivity index (χ1v) is 14.5. The minimum Gasteiger partial charge on any atom is -0.541 e. The number of aromatic amines is 1. The molecule has 0 unspecified atom stereocenters. The minimum atomic E-state index is -2.26. The number of benzene rings is 3. The van der Waals surface area contributed by atoms with E-state index in [0.717, 1.165) is 38.7 Å². The van der Waals surface area contributed by atoms with Crippen LogP contribution >= 0.6 is 0 Å². The molecule has 0 fully saturated rings. The molecular formula is C27H34N2O5Si. The predicted molar refractivity (Wildman–Crippen MR) is 144 cm³/mol. The fourth-order valence-corrected chi connectivity index (χ4v) is 5.12. The van der Waals surface area contributed by atoms with Crippen LogP contribution in [0.4, 0.5) is 0 Å². The summed E-state index contributed by atoms with van der Waals surface area (Å²) in [6.45, 7) is 11.0. The van der Waals surface area contributed by atoms with Crippen molar-refractivity contribution in [2.75, 3.05) is 21.3 Å². The Morgan fingerprint density at radius 2 is 1.54 bits per heavy atom. The second-order valence-electron chi connectivity index (χ2n) is 10.3. The zero-order valence-electron chi connectivity index (χ0n) is 22.0. The second-order valence-corrected chi connectivity index (χ2v) is 15.0. The lowest BCUT2D eigenvalue weighted by atomic mass is 9.95. The monoisotopic (exact) mass is 494 g/mol. The average molecular weight is 495 g/mol. The number of hydrogen-bond acceptors (Lipinski definition) is 5. The highest BCUT2D eigenvalue weighted by molar-refractivity contribution is 6.74. The first-order valence-electron chi connectivity index (χ1n) is 11.6. The quantitative estimate of drug-likeness (QED) is 0.328. The molecule has 1 aromatic heterocycles. The maximum atomic E-state index is 12.7. The van der Waals surface area contributed by atoms with Crippen LogP contribution in [-0.2, 0) is 7.05 Å². The summed E-state index contributed by atoms with van der Waals surface area (Å²) in [6.07, 6.45) is 0. The third kappa shape index (κ3) is 4.05. The number of aromatic nitrogens is 2. The molecule has 0 spiro atoms. The van der Waals surface area contributed by atoms with Crippen molar-refractivity contribution < 1.29 is 18.6 Å². The molecular weight excluding hydrogens is 460 g/mol. The normalized spacial score (nSPS) is 12.3. The number of imidazole rings is 1.